The third-order valence-electron chi connectivity index (χ3n) is 11.5. The molecule has 1 aliphatic carbocycles. The van der Waals surface area contributed by atoms with Gasteiger partial charge in [0.25, 0.3) is 0 Å². The molecular formula is C42H58O9Si. The average molecular weight is 735 g/mol. The molecule has 0 fully saturated rings. The van der Waals surface area contributed by atoms with Gasteiger partial charge in [-0.05, 0) is 90.5 Å². The molecule has 0 radical (unpaired) electrons. The molecule has 0 spiro atoms. The van der Waals surface area contributed by atoms with Crippen molar-refractivity contribution in [3.63, 3.8) is 0 Å². The van der Waals surface area contributed by atoms with E-state index in [1.54, 1.807) is 64.0 Å². The highest BCUT2D eigenvalue weighted by molar-refractivity contribution is 7.18. The maximum Gasteiger partial charge on any atom is 0.191 e. The second-order valence-corrected chi connectivity index (χ2v) is 17.0. The molecule has 9 nitrogen and oxygen atoms in total. The predicted molar refractivity (Wildman–Crippen MR) is 212 cm³/mol. The van der Waals surface area contributed by atoms with Crippen LogP contribution in [0.2, 0.25) is 0 Å². The number of methoxy groups -OCH3 is 9. The first-order valence-electron chi connectivity index (χ1n) is 17.4. The lowest BCUT2D eigenvalue weighted by Gasteiger charge is -2.44. The summed E-state index contributed by atoms with van der Waals surface area (Å²) < 4.78 is 56.7. The van der Waals surface area contributed by atoms with E-state index < -0.39 is 8.07 Å². The summed E-state index contributed by atoms with van der Waals surface area (Å²) in [7, 11) is 11.4. The van der Waals surface area contributed by atoms with Gasteiger partial charge in [-0.25, -0.2) is 0 Å². The first-order chi connectivity index (χ1) is 24.6. The van der Waals surface area contributed by atoms with E-state index in [4.69, 9.17) is 42.6 Å². The second kappa shape index (κ2) is 15.3. The highest BCUT2D eigenvalue weighted by atomic mass is 28.3. The molecule has 1 aliphatic rings. The van der Waals surface area contributed by atoms with Crippen LogP contribution < -0.4 is 58.2 Å². The van der Waals surface area contributed by atoms with Crippen molar-refractivity contribution < 1.29 is 42.6 Å². The van der Waals surface area contributed by atoms with Gasteiger partial charge < -0.3 is 42.6 Å². The Morgan fingerprint density at radius 1 is 0.327 bits per heavy atom. The molecular weight excluding hydrogens is 677 g/mol. The first kappa shape index (κ1) is 40.3. The van der Waals surface area contributed by atoms with Crippen LogP contribution in [0, 0.1) is 47.5 Å². The van der Waals surface area contributed by atoms with E-state index in [-0.39, 0.29) is 5.92 Å². The lowest BCUT2D eigenvalue weighted by Crippen LogP contribution is -2.72. The highest BCUT2D eigenvalue weighted by Crippen LogP contribution is 2.51. The largest absolute Gasteiger partial charge is 0.496 e. The van der Waals surface area contributed by atoms with Gasteiger partial charge in [0.15, 0.2) is 42.6 Å². The summed E-state index contributed by atoms with van der Waals surface area (Å²) in [5.41, 5.74) is 8.82. The molecule has 0 N–H and O–H groups in total. The van der Waals surface area contributed by atoms with E-state index in [0.717, 1.165) is 48.9 Å². The van der Waals surface area contributed by atoms with E-state index in [1.165, 1.54) is 21.9 Å². The Bertz CT molecular complexity index is 1790. The minimum Gasteiger partial charge on any atom is -0.496 e. The molecule has 4 rings (SSSR count). The monoisotopic (exact) mass is 734 g/mol. The number of allylic oxidation sites excluding steroid dienone is 4. The van der Waals surface area contributed by atoms with Gasteiger partial charge in [0, 0.05) is 32.3 Å². The van der Waals surface area contributed by atoms with Crippen LogP contribution in [-0.2, 0) is 0 Å². The van der Waals surface area contributed by atoms with Crippen molar-refractivity contribution in [2.45, 2.75) is 69.2 Å². The van der Waals surface area contributed by atoms with E-state index in [9.17, 15) is 0 Å². The number of ether oxygens (including phenoxy) is 9. The standard InChI is InChI=1S/C42H58O9Si/c1-20-21(2)23(4)39(22(20)3)52(40-27(8)33(46-14)30(43-11)24(5)36(40)49-17,41-28(9)34(47-15)31(44-12)25(6)37(41)50-18)42-29(10)35(48-16)32(45-13)26(7)38(42)51-19/h22H,1-19H3. The van der Waals surface area contributed by atoms with Gasteiger partial charge in [-0.15, -0.1) is 0 Å². The van der Waals surface area contributed by atoms with E-state index in [0.29, 0.717) is 51.7 Å². The number of rotatable bonds is 13. The summed E-state index contributed by atoms with van der Waals surface area (Å²) in [6.45, 7) is 21.3. The van der Waals surface area contributed by atoms with Crippen LogP contribution >= 0.6 is 0 Å². The Morgan fingerprint density at radius 3 is 0.750 bits per heavy atom. The van der Waals surface area contributed by atoms with Gasteiger partial charge in [-0.3, -0.25) is 0 Å². The fourth-order valence-corrected chi connectivity index (χ4v) is 16.2. The number of hydrogen-bond donors (Lipinski definition) is 0. The molecule has 52 heavy (non-hydrogen) atoms. The zero-order chi connectivity index (χ0) is 39.1. The highest BCUT2D eigenvalue weighted by Gasteiger charge is 2.57. The van der Waals surface area contributed by atoms with Crippen molar-refractivity contribution in [3.05, 3.63) is 55.3 Å². The third-order valence-corrected chi connectivity index (χ3v) is 17.2. The second-order valence-electron chi connectivity index (χ2n) is 13.5. The molecule has 1 atom stereocenters. The van der Waals surface area contributed by atoms with Gasteiger partial charge in [0.05, 0.1) is 64.0 Å². The van der Waals surface area contributed by atoms with Crippen LogP contribution in [0.3, 0.4) is 0 Å². The van der Waals surface area contributed by atoms with Crippen LogP contribution in [0.4, 0.5) is 0 Å². The van der Waals surface area contributed by atoms with Crippen LogP contribution in [0.15, 0.2) is 21.9 Å². The summed E-state index contributed by atoms with van der Waals surface area (Å²) in [5, 5.41) is 4.20. The van der Waals surface area contributed by atoms with E-state index >= 15 is 0 Å². The van der Waals surface area contributed by atoms with E-state index in [1.807, 2.05) is 20.8 Å². The van der Waals surface area contributed by atoms with Crippen molar-refractivity contribution in [2.24, 2.45) is 5.92 Å². The van der Waals surface area contributed by atoms with Crippen LogP contribution in [0.1, 0.15) is 61.1 Å². The molecule has 0 saturated heterocycles. The minimum atomic E-state index is -3.82. The molecule has 0 heterocycles. The molecule has 3 aromatic carbocycles. The van der Waals surface area contributed by atoms with Crippen LogP contribution in [-0.4, -0.2) is 72.1 Å². The predicted octanol–water partition coefficient (Wildman–Crippen LogP) is 6.93. The third kappa shape index (κ3) is 5.39. The molecule has 0 amide bonds. The molecule has 0 bridgehead atoms. The number of benzene rings is 3. The summed E-state index contributed by atoms with van der Waals surface area (Å²) in [6, 6.07) is 0. The average Bonchev–Trinajstić information content (AvgIpc) is 3.32. The topological polar surface area (TPSA) is 83.1 Å². The lowest BCUT2D eigenvalue weighted by atomic mass is 10.0. The smallest absolute Gasteiger partial charge is 0.191 e. The summed E-state index contributed by atoms with van der Waals surface area (Å²) in [4.78, 5) is 0. The molecule has 3 aromatic rings. The molecule has 0 aromatic heterocycles. The van der Waals surface area contributed by atoms with Gasteiger partial charge in [0.2, 0.25) is 0 Å². The quantitative estimate of drug-likeness (QED) is 0.137. The van der Waals surface area contributed by atoms with Gasteiger partial charge in [-0.2, -0.15) is 0 Å². The van der Waals surface area contributed by atoms with Gasteiger partial charge in [-0.1, -0.05) is 23.3 Å². The summed E-state index contributed by atoms with van der Waals surface area (Å²) in [6.07, 6.45) is 0. The van der Waals surface area contributed by atoms with Crippen LogP contribution in [0.5, 0.6) is 51.7 Å². The van der Waals surface area contributed by atoms with Crippen molar-refractivity contribution in [2.75, 3.05) is 64.0 Å². The van der Waals surface area contributed by atoms with E-state index in [2.05, 4.69) is 48.5 Å². The van der Waals surface area contributed by atoms with Crippen molar-refractivity contribution >= 4 is 23.6 Å². The Hall–Kier alpha value is -4.44. The maximum absolute atomic E-state index is 6.59. The minimum absolute atomic E-state index is 0.0131. The molecule has 284 valence electrons. The van der Waals surface area contributed by atoms with Gasteiger partial charge >= 0.3 is 0 Å². The zero-order valence-electron chi connectivity index (χ0n) is 34.8. The molecule has 0 aliphatic heterocycles. The molecule has 1 unspecified atom stereocenters. The normalized spacial score (nSPS) is 14.5. The SMILES string of the molecule is COc1c(C)c(OC)c([Si](C2=C(C)C(C)=C(C)C2C)(c2c(C)c(OC)c(OC)c(C)c2OC)c2c(C)c(OC)c(OC)c(C)c2OC)c(C)c1OC. The fourth-order valence-electron chi connectivity index (χ4n) is 9.09. The van der Waals surface area contributed by atoms with Gasteiger partial charge in [0.1, 0.15) is 17.2 Å². The molecule has 0 saturated carbocycles. The zero-order valence-corrected chi connectivity index (χ0v) is 35.8. The summed E-state index contributed by atoms with van der Waals surface area (Å²) in [5.74, 6) is 5.80. The lowest BCUT2D eigenvalue weighted by molar-refractivity contribution is 0.344. The maximum atomic E-state index is 6.59. The first-order valence-corrected chi connectivity index (χ1v) is 19.4. The summed E-state index contributed by atoms with van der Waals surface area (Å²) >= 11 is 0. The van der Waals surface area contributed by atoms with Crippen LogP contribution in [0.25, 0.3) is 0 Å². The number of hydrogen-bond acceptors (Lipinski definition) is 9. The Kier molecular flexibility index (Phi) is 11.8. The molecule has 10 heteroatoms. The van der Waals surface area contributed by atoms with Crippen molar-refractivity contribution in [1.29, 1.82) is 0 Å². The van der Waals surface area contributed by atoms with Crippen molar-refractivity contribution in [3.8, 4) is 51.7 Å². The Balaban J connectivity index is 2.72. The van der Waals surface area contributed by atoms with Crippen molar-refractivity contribution in [1.82, 2.24) is 0 Å². The Morgan fingerprint density at radius 2 is 0.558 bits per heavy atom. The fraction of sp³-hybridized carbons (Fsp3) is 0.476. The Labute approximate surface area is 311 Å².